The number of fused-ring (bicyclic) bond motifs is 1. The Morgan fingerprint density at radius 1 is 1.43 bits per heavy atom. The predicted octanol–water partition coefficient (Wildman–Crippen LogP) is -2.68. The number of aromatic amines is 1. The Morgan fingerprint density at radius 3 is 2.70 bits per heavy atom. The van der Waals surface area contributed by atoms with Gasteiger partial charge >= 0.3 is 173 Å². The zero-order valence-electron chi connectivity index (χ0n) is 15.6. The topological polar surface area (TPSA) is 223 Å². The average Bonchev–Trinajstić information content (AvgIpc) is 3.07. The number of H-pyrrole nitrogens is 1. The SMILES string of the molecule is CO[C@@H]1[C@H](O)[C@@H](COP(=O)(O)[Se]P(=O)(O)O)O[C@H]1[n+]1cn(C)c2c(=O)[nH]c(N)nc21. The summed E-state index contributed by atoms with van der Waals surface area (Å²) in [6.07, 6.45) is -12.3. The number of ether oxygens (including phenoxy) is 2. The third-order valence-electron chi connectivity index (χ3n) is 4.26. The maximum absolute atomic E-state index is 12.2. The van der Waals surface area contributed by atoms with Crippen molar-refractivity contribution in [2.75, 3.05) is 19.5 Å². The fourth-order valence-electron chi connectivity index (χ4n) is 3.12. The number of nitrogens with two attached hydrogens (primary N) is 1. The molecule has 30 heavy (non-hydrogen) atoms. The molecule has 0 radical (unpaired) electrons. The van der Waals surface area contributed by atoms with Gasteiger partial charge in [-0.2, -0.15) is 0 Å². The maximum atomic E-state index is 12.2. The molecule has 1 fully saturated rings. The molecule has 3 rings (SSSR count). The van der Waals surface area contributed by atoms with E-state index < -0.39 is 63.3 Å². The summed E-state index contributed by atoms with van der Waals surface area (Å²) in [7, 11) is 2.90. The average molecular weight is 535 g/mol. The molecule has 1 unspecified atom stereocenters. The van der Waals surface area contributed by atoms with Crippen LogP contribution in [0.15, 0.2) is 11.1 Å². The fourth-order valence-corrected chi connectivity index (χ4v) is 11.1. The van der Waals surface area contributed by atoms with E-state index in [1.165, 1.54) is 22.6 Å². The van der Waals surface area contributed by atoms with Crippen molar-refractivity contribution < 1.29 is 47.5 Å². The van der Waals surface area contributed by atoms with Crippen LogP contribution < -0.4 is 15.9 Å². The number of aromatic nitrogens is 4. The van der Waals surface area contributed by atoms with E-state index >= 15 is 0 Å². The third-order valence-corrected chi connectivity index (χ3v) is 15.0. The number of hydrogen-bond donors (Lipinski definition) is 6. The molecule has 2 aromatic heterocycles. The van der Waals surface area contributed by atoms with Gasteiger partial charge < -0.3 is 0 Å². The molecule has 0 saturated carbocycles. The zero-order valence-corrected chi connectivity index (χ0v) is 19.1. The molecule has 1 aliphatic heterocycles. The molecule has 18 heteroatoms. The standard InChI is InChI=1S/C12H19N5O10P2Se/c1-16-4-17(9-6(16)10(19)15-12(13)14-9)11-8(25-2)7(18)5(27-11)3-26-29(23,24)30-28(20,21)22/h4-5,7-8,11,18H,3H2,1-2H3,(H5-,13,14,15,19,20,21,22,23,24)/p+1/t5-,7-,8-,11-/m1/s1. The third kappa shape index (κ3) is 4.85. The fraction of sp³-hybridized carbons (Fsp3) is 0.583. The van der Waals surface area contributed by atoms with Crippen molar-refractivity contribution in [2.45, 2.75) is 24.5 Å². The van der Waals surface area contributed by atoms with E-state index in [4.69, 9.17) is 29.5 Å². The monoisotopic (exact) mass is 536 g/mol. The number of hydrogen-bond acceptors (Lipinski definition) is 9. The van der Waals surface area contributed by atoms with Crippen LogP contribution in [0.25, 0.3) is 11.2 Å². The van der Waals surface area contributed by atoms with Gasteiger partial charge in [-0.25, -0.2) is 0 Å². The van der Waals surface area contributed by atoms with Gasteiger partial charge in [0.05, 0.1) is 0 Å². The van der Waals surface area contributed by atoms with E-state index in [1.807, 2.05) is 0 Å². The number of nitrogen functional groups attached to an aromatic ring is 1. The van der Waals surface area contributed by atoms with Crippen molar-refractivity contribution in [1.82, 2.24) is 14.5 Å². The van der Waals surface area contributed by atoms with E-state index in [-0.39, 0.29) is 17.1 Å². The van der Waals surface area contributed by atoms with Crippen LogP contribution in [0, 0.1) is 0 Å². The molecule has 1 saturated heterocycles. The molecule has 0 aromatic carbocycles. The number of methoxy groups -OCH3 is 1. The van der Waals surface area contributed by atoms with Gasteiger partial charge in [-0.1, -0.05) is 0 Å². The first kappa shape index (κ1) is 23.5. The number of nitrogens with zero attached hydrogens (tertiary/aromatic N) is 3. The molecule has 7 N–H and O–H groups in total. The molecular formula is C12H20N5O10P2Se+. The number of imidazole rings is 1. The van der Waals surface area contributed by atoms with Crippen molar-refractivity contribution in [2.24, 2.45) is 7.05 Å². The second-order valence-electron chi connectivity index (χ2n) is 6.35. The van der Waals surface area contributed by atoms with Crippen LogP contribution in [0.1, 0.15) is 6.23 Å². The Labute approximate surface area is 173 Å². The molecular weight excluding hydrogens is 515 g/mol. The molecule has 5 atom stereocenters. The van der Waals surface area contributed by atoms with Crippen LogP contribution in [0.4, 0.5) is 5.95 Å². The Bertz CT molecular complexity index is 1100. The van der Waals surface area contributed by atoms with Crippen LogP contribution in [-0.2, 0) is 30.2 Å². The summed E-state index contributed by atoms with van der Waals surface area (Å²) in [5, 5.41) is 10.5. The number of aryl methyl sites for hydroxylation is 1. The Kier molecular flexibility index (Phi) is 6.59. The van der Waals surface area contributed by atoms with Crippen LogP contribution in [-0.4, -0.2) is 80.4 Å². The van der Waals surface area contributed by atoms with Gasteiger partial charge in [0, 0.05) is 0 Å². The predicted molar refractivity (Wildman–Crippen MR) is 100 cm³/mol. The summed E-state index contributed by atoms with van der Waals surface area (Å²) >= 11 is -2.00. The Balaban J connectivity index is 1.88. The minimum atomic E-state index is -4.74. The molecule has 3 heterocycles. The summed E-state index contributed by atoms with van der Waals surface area (Å²) in [5.41, 5.74) is 5.46. The first-order valence-electron chi connectivity index (χ1n) is 8.19. The van der Waals surface area contributed by atoms with Gasteiger partial charge in [-0.3, -0.25) is 0 Å². The van der Waals surface area contributed by atoms with E-state index in [1.54, 1.807) is 7.05 Å². The summed E-state index contributed by atoms with van der Waals surface area (Å²) in [6, 6.07) is 0. The van der Waals surface area contributed by atoms with Gasteiger partial charge in [0.1, 0.15) is 0 Å². The Hall–Kier alpha value is -1.15. The van der Waals surface area contributed by atoms with Gasteiger partial charge in [-0.15, -0.1) is 0 Å². The quantitative estimate of drug-likeness (QED) is 0.121. The van der Waals surface area contributed by atoms with Crippen molar-refractivity contribution in [3.63, 3.8) is 0 Å². The number of rotatable bonds is 7. The first-order chi connectivity index (χ1) is 13.8. The minimum absolute atomic E-state index is 0.138. The molecule has 0 spiro atoms. The van der Waals surface area contributed by atoms with Gasteiger partial charge in [0.2, 0.25) is 0 Å². The molecule has 2 aromatic rings. The Morgan fingerprint density at radius 2 is 2.10 bits per heavy atom. The second kappa shape index (κ2) is 8.41. The molecule has 0 bridgehead atoms. The van der Waals surface area contributed by atoms with Gasteiger partial charge in [0.15, 0.2) is 0 Å². The number of aliphatic hydroxyl groups is 1. The molecule has 0 amide bonds. The van der Waals surface area contributed by atoms with Gasteiger partial charge in [-0.05, 0) is 0 Å². The van der Waals surface area contributed by atoms with E-state index in [0.29, 0.717) is 0 Å². The zero-order chi connectivity index (χ0) is 22.4. The van der Waals surface area contributed by atoms with Crippen molar-refractivity contribution in [3.8, 4) is 0 Å². The summed E-state index contributed by atoms with van der Waals surface area (Å²) in [4.78, 5) is 46.1. The summed E-state index contributed by atoms with van der Waals surface area (Å²) in [5.74, 6) is -0.138. The number of anilines is 1. The van der Waals surface area contributed by atoms with E-state index in [2.05, 4.69) is 9.97 Å². The van der Waals surface area contributed by atoms with Crippen molar-refractivity contribution in [3.05, 3.63) is 16.7 Å². The van der Waals surface area contributed by atoms with Crippen LogP contribution >= 0.6 is 12.6 Å². The number of nitrogens with one attached hydrogen (secondary N) is 1. The normalized spacial score (nSPS) is 26.9. The van der Waals surface area contributed by atoms with Crippen LogP contribution in [0.2, 0.25) is 0 Å². The molecule has 1 aliphatic rings. The van der Waals surface area contributed by atoms with Crippen LogP contribution in [0.5, 0.6) is 0 Å². The molecule has 15 nitrogen and oxygen atoms in total. The molecule has 168 valence electrons. The van der Waals surface area contributed by atoms with E-state index in [9.17, 15) is 23.9 Å². The summed E-state index contributed by atoms with van der Waals surface area (Å²) in [6.45, 7) is -0.630. The van der Waals surface area contributed by atoms with Crippen molar-refractivity contribution >= 4 is 43.8 Å². The summed E-state index contributed by atoms with van der Waals surface area (Å²) < 4.78 is 41.5. The second-order valence-corrected chi connectivity index (χ2v) is 18.2. The molecule has 0 aliphatic carbocycles. The van der Waals surface area contributed by atoms with Crippen LogP contribution in [0.3, 0.4) is 0 Å². The number of aliphatic hydroxyl groups excluding tert-OH is 1. The van der Waals surface area contributed by atoms with Gasteiger partial charge in [0.25, 0.3) is 0 Å². The van der Waals surface area contributed by atoms with Crippen molar-refractivity contribution in [1.29, 1.82) is 0 Å². The van der Waals surface area contributed by atoms with E-state index in [0.717, 1.165) is 0 Å². The first-order valence-corrected chi connectivity index (χ1v) is 15.8.